The number of hydrogen-bond donors (Lipinski definition) is 2. The second-order valence-electron chi connectivity index (χ2n) is 8.65. The van der Waals surface area contributed by atoms with E-state index in [-0.39, 0.29) is 12.0 Å². The van der Waals surface area contributed by atoms with Crippen LogP contribution in [-0.2, 0) is 17.4 Å². The molecule has 0 fully saturated rings. The zero-order chi connectivity index (χ0) is 28.0. The van der Waals surface area contributed by atoms with Crippen molar-refractivity contribution in [2.24, 2.45) is 0 Å². The van der Waals surface area contributed by atoms with Crippen molar-refractivity contribution in [2.75, 3.05) is 0 Å². The van der Waals surface area contributed by atoms with Crippen molar-refractivity contribution < 1.29 is 37.4 Å². The number of aldehydes is 1. The largest absolute Gasteiger partial charge is 0.480 e. The van der Waals surface area contributed by atoms with Gasteiger partial charge in [0.2, 0.25) is 0 Å². The van der Waals surface area contributed by atoms with E-state index in [1.807, 2.05) is 0 Å². The number of halogens is 3. The predicted molar refractivity (Wildman–Crippen MR) is 138 cm³/mol. The first kappa shape index (κ1) is 27.1. The van der Waals surface area contributed by atoms with Gasteiger partial charge in [-0.2, -0.15) is 13.2 Å². The molecule has 1 unspecified atom stereocenters. The summed E-state index contributed by atoms with van der Waals surface area (Å²) in [5.41, 5.74) is 1.79. The van der Waals surface area contributed by atoms with Gasteiger partial charge in [-0.15, -0.1) is 0 Å². The van der Waals surface area contributed by atoms with Crippen LogP contribution in [0, 0.1) is 0 Å². The van der Waals surface area contributed by atoms with E-state index in [4.69, 9.17) is 4.74 Å². The monoisotopic (exact) mass is 533 g/mol. The third kappa shape index (κ3) is 7.10. The fourth-order valence-corrected chi connectivity index (χ4v) is 3.79. The number of carbonyl (C=O) groups is 3. The van der Waals surface area contributed by atoms with E-state index in [2.05, 4.69) is 5.32 Å². The van der Waals surface area contributed by atoms with E-state index in [0.29, 0.717) is 33.8 Å². The first-order valence-corrected chi connectivity index (χ1v) is 11.8. The van der Waals surface area contributed by atoms with Gasteiger partial charge < -0.3 is 15.2 Å². The van der Waals surface area contributed by atoms with Crippen LogP contribution < -0.4 is 10.1 Å². The van der Waals surface area contributed by atoms with Gasteiger partial charge in [0.25, 0.3) is 5.91 Å². The van der Waals surface area contributed by atoms with Gasteiger partial charge in [-0.1, -0.05) is 36.4 Å². The maximum absolute atomic E-state index is 12.8. The van der Waals surface area contributed by atoms with Crippen LogP contribution in [0.3, 0.4) is 0 Å². The Morgan fingerprint density at radius 3 is 1.79 bits per heavy atom. The van der Waals surface area contributed by atoms with Crippen molar-refractivity contribution in [3.8, 4) is 22.6 Å². The number of aliphatic carboxylic acids is 1. The standard InChI is InChI=1S/C30H22F3NO5/c31-30(32,33)24-11-9-22(10-12-24)21-5-7-23(8-6-21)28(36)34-27(29(37)38)17-19-1-13-25(14-2-19)39-26-15-3-20(18-35)4-16-26/h1-16,18,27H,17H2,(H,34,36)(H,37,38). The molecule has 6 nitrogen and oxygen atoms in total. The number of ether oxygens (including phenoxy) is 1. The Labute approximate surface area is 221 Å². The van der Waals surface area contributed by atoms with Gasteiger partial charge in [-0.3, -0.25) is 9.59 Å². The summed E-state index contributed by atoms with van der Waals surface area (Å²) >= 11 is 0. The Morgan fingerprint density at radius 2 is 1.31 bits per heavy atom. The van der Waals surface area contributed by atoms with Crippen LogP contribution in [0.2, 0.25) is 0 Å². The SMILES string of the molecule is O=Cc1ccc(Oc2ccc(CC(NC(=O)c3ccc(-c4ccc(C(F)(F)F)cc4)cc3)C(=O)O)cc2)cc1. The molecular formula is C30H22F3NO5. The molecule has 0 heterocycles. The molecule has 4 rings (SSSR count). The Hall–Kier alpha value is -4.92. The van der Waals surface area contributed by atoms with Crippen LogP contribution in [0.15, 0.2) is 97.1 Å². The van der Waals surface area contributed by atoms with Crippen molar-refractivity contribution in [2.45, 2.75) is 18.6 Å². The zero-order valence-electron chi connectivity index (χ0n) is 20.3. The number of carbonyl (C=O) groups excluding carboxylic acids is 2. The third-order valence-electron chi connectivity index (χ3n) is 5.91. The highest BCUT2D eigenvalue weighted by atomic mass is 19.4. The fourth-order valence-electron chi connectivity index (χ4n) is 3.79. The summed E-state index contributed by atoms with van der Waals surface area (Å²) in [6.45, 7) is 0. The van der Waals surface area contributed by atoms with Crippen LogP contribution in [0.25, 0.3) is 11.1 Å². The molecule has 9 heteroatoms. The molecule has 0 aliphatic rings. The zero-order valence-corrected chi connectivity index (χ0v) is 20.3. The maximum Gasteiger partial charge on any atom is 0.416 e. The minimum atomic E-state index is -4.43. The highest BCUT2D eigenvalue weighted by Gasteiger charge is 2.30. The minimum absolute atomic E-state index is 0.0268. The Bertz CT molecular complexity index is 1450. The molecule has 0 saturated heterocycles. The predicted octanol–water partition coefficient (Wildman–Crippen LogP) is 6.40. The second-order valence-corrected chi connectivity index (χ2v) is 8.65. The van der Waals surface area contributed by atoms with Gasteiger partial charge in [-0.05, 0) is 77.4 Å². The number of carboxylic acid groups (broad SMARTS) is 1. The number of hydrogen-bond acceptors (Lipinski definition) is 4. The summed E-state index contributed by atoms with van der Waals surface area (Å²) in [5.74, 6) is -0.754. The summed E-state index contributed by atoms with van der Waals surface area (Å²) in [6.07, 6.45) is -3.67. The summed E-state index contributed by atoms with van der Waals surface area (Å²) in [4.78, 5) is 35.3. The maximum atomic E-state index is 12.8. The van der Waals surface area contributed by atoms with Crippen molar-refractivity contribution in [3.05, 3.63) is 119 Å². The number of rotatable bonds is 9. The number of alkyl halides is 3. The molecule has 0 spiro atoms. The smallest absolute Gasteiger partial charge is 0.416 e. The summed E-state index contributed by atoms with van der Waals surface area (Å²) in [5, 5.41) is 12.2. The van der Waals surface area contributed by atoms with Gasteiger partial charge in [-0.25, -0.2) is 4.79 Å². The average molecular weight is 534 g/mol. The number of carboxylic acids is 1. The lowest BCUT2D eigenvalue weighted by Gasteiger charge is -2.15. The molecule has 0 saturated carbocycles. The molecule has 0 aromatic heterocycles. The van der Waals surface area contributed by atoms with E-state index in [9.17, 15) is 32.7 Å². The van der Waals surface area contributed by atoms with Crippen LogP contribution in [0.4, 0.5) is 13.2 Å². The Kier molecular flexibility index (Phi) is 8.10. The normalized spacial score (nSPS) is 11.9. The topological polar surface area (TPSA) is 92.7 Å². The van der Waals surface area contributed by atoms with Crippen molar-refractivity contribution >= 4 is 18.2 Å². The molecular weight excluding hydrogens is 511 g/mol. The van der Waals surface area contributed by atoms with Gasteiger partial charge in [0.05, 0.1) is 5.56 Å². The molecule has 1 amide bonds. The Morgan fingerprint density at radius 1 is 0.795 bits per heavy atom. The number of nitrogens with one attached hydrogen (secondary N) is 1. The van der Waals surface area contributed by atoms with Gasteiger partial charge in [0.15, 0.2) is 0 Å². The van der Waals surface area contributed by atoms with Crippen molar-refractivity contribution in [1.82, 2.24) is 5.32 Å². The van der Waals surface area contributed by atoms with Gasteiger partial charge in [0.1, 0.15) is 23.8 Å². The summed E-state index contributed by atoms with van der Waals surface area (Å²) in [6, 6.07) is 22.9. The van der Waals surface area contributed by atoms with Crippen LogP contribution in [0.5, 0.6) is 11.5 Å². The molecule has 4 aromatic carbocycles. The highest BCUT2D eigenvalue weighted by Crippen LogP contribution is 2.31. The lowest BCUT2D eigenvalue weighted by molar-refractivity contribution is -0.139. The van der Waals surface area contributed by atoms with E-state index in [0.717, 1.165) is 18.4 Å². The second kappa shape index (κ2) is 11.6. The molecule has 2 N–H and O–H groups in total. The minimum Gasteiger partial charge on any atom is -0.480 e. The molecule has 0 radical (unpaired) electrons. The lowest BCUT2D eigenvalue weighted by Crippen LogP contribution is -2.42. The van der Waals surface area contributed by atoms with Crippen LogP contribution >= 0.6 is 0 Å². The van der Waals surface area contributed by atoms with E-state index in [1.165, 1.54) is 24.3 Å². The van der Waals surface area contributed by atoms with Crippen LogP contribution in [-0.4, -0.2) is 29.3 Å². The first-order chi connectivity index (χ1) is 18.6. The quantitative estimate of drug-likeness (QED) is 0.243. The van der Waals surface area contributed by atoms with E-state index in [1.54, 1.807) is 60.7 Å². The van der Waals surface area contributed by atoms with Crippen molar-refractivity contribution in [1.29, 1.82) is 0 Å². The molecule has 0 aliphatic carbocycles. The first-order valence-electron chi connectivity index (χ1n) is 11.8. The number of amides is 1. The lowest BCUT2D eigenvalue weighted by atomic mass is 10.0. The Balaban J connectivity index is 1.37. The van der Waals surface area contributed by atoms with Gasteiger partial charge in [0, 0.05) is 17.5 Å². The molecule has 4 aromatic rings. The molecule has 1 atom stereocenters. The molecule has 198 valence electrons. The molecule has 0 bridgehead atoms. The summed E-state index contributed by atoms with van der Waals surface area (Å²) in [7, 11) is 0. The molecule has 39 heavy (non-hydrogen) atoms. The average Bonchev–Trinajstić information content (AvgIpc) is 2.93. The van der Waals surface area contributed by atoms with Gasteiger partial charge >= 0.3 is 12.1 Å². The van der Waals surface area contributed by atoms with Crippen molar-refractivity contribution in [3.63, 3.8) is 0 Å². The summed E-state index contributed by atoms with van der Waals surface area (Å²) < 4.78 is 44.1. The number of benzene rings is 4. The van der Waals surface area contributed by atoms with E-state index >= 15 is 0 Å². The highest BCUT2D eigenvalue weighted by molar-refractivity contribution is 5.97. The van der Waals surface area contributed by atoms with E-state index < -0.39 is 29.7 Å². The molecule has 0 aliphatic heterocycles. The van der Waals surface area contributed by atoms with Crippen LogP contribution in [0.1, 0.15) is 31.8 Å². The third-order valence-corrected chi connectivity index (χ3v) is 5.91. The fraction of sp³-hybridized carbons (Fsp3) is 0.100.